The van der Waals surface area contributed by atoms with E-state index in [1.807, 2.05) is 24.4 Å². The number of anilines is 1. The Morgan fingerprint density at radius 2 is 1.85 bits per heavy atom. The van der Waals surface area contributed by atoms with E-state index < -0.39 is 0 Å². The summed E-state index contributed by atoms with van der Waals surface area (Å²) in [6.45, 7) is 0. The first-order valence-electron chi connectivity index (χ1n) is 8.85. The number of thioether (sulfide) groups is 1. The van der Waals surface area contributed by atoms with Crippen LogP contribution in [0.15, 0.2) is 66.0 Å². The highest BCUT2D eigenvalue weighted by molar-refractivity contribution is 7.98. The van der Waals surface area contributed by atoms with Crippen LogP contribution in [0.2, 0.25) is 0 Å². The van der Waals surface area contributed by atoms with Gasteiger partial charge in [0, 0.05) is 28.8 Å². The Morgan fingerprint density at radius 1 is 0.962 bits per heavy atom. The van der Waals surface area contributed by atoms with Gasteiger partial charge in [0.2, 0.25) is 0 Å². The van der Waals surface area contributed by atoms with Crippen molar-refractivity contribution in [3.63, 3.8) is 0 Å². The summed E-state index contributed by atoms with van der Waals surface area (Å²) in [4.78, 5) is 14.1. The van der Waals surface area contributed by atoms with Crippen molar-refractivity contribution in [3.05, 3.63) is 66.4 Å². The van der Waals surface area contributed by atoms with Gasteiger partial charge in [0.25, 0.3) is 0 Å². The number of hydrogen-bond acceptors (Lipinski definition) is 5. The van der Waals surface area contributed by atoms with Gasteiger partial charge in [-0.15, -0.1) is 0 Å². The molecule has 26 heavy (non-hydrogen) atoms. The first-order valence-corrected chi connectivity index (χ1v) is 9.84. The molecule has 0 amide bonds. The van der Waals surface area contributed by atoms with Crippen LogP contribution in [-0.2, 0) is 5.75 Å². The molecule has 2 heterocycles. The molecular weight excluding hydrogens is 340 g/mol. The predicted octanol–water partition coefficient (Wildman–Crippen LogP) is 5.04. The molecule has 0 unspecified atom stereocenters. The molecule has 0 atom stereocenters. The fourth-order valence-electron chi connectivity index (χ4n) is 3.08. The minimum atomic E-state index is 0.563. The quantitative estimate of drug-likeness (QED) is 0.400. The Kier molecular flexibility index (Phi) is 3.94. The molecule has 4 nitrogen and oxygen atoms in total. The highest BCUT2D eigenvalue weighted by Gasteiger charge is 2.22. The van der Waals surface area contributed by atoms with E-state index in [1.54, 1.807) is 11.8 Å². The number of nitrogens with one attached hydrogen (secondary N) is 1. The Labute approximate surface area is 156 Å². The van der Waals surface area contributed by atoms with Crippen LogP contribution in [0.25, 0.3) is 21.8 Å². The van der Waals surface area contributed by atoms with Crippen molar-refractivity contribution in [2.75, 3.05) is 5.32 Å². The van der Waals surface area contributed by atoms with Crippen molar-refractivity contribution >= 4 is 39.4 Å². The summed E-state index contributed by atoms with van der Waals surface area (Å²) >= 11 is 1.66. The van der Waals surface area contributed by atoms with Crippen LogP contribution < -0.4 is 5.32 Å². The number of benzene rings is 2. The van der Waals surface area contributed by atoms with Crippen LogP contribution in [0.4, 0.5) is 5.82 Å². The molecule has 4 aromatic rings. The summed E-state index contributed by atoms with van der Waals surface area (Å²) in [5.74, 6) is 1.76. The number of hydrogen-bond donors (Lipinski definition) is 1. The molecule has 2 aromatic heterocycles. The maximum Gasteiger partial charge on any atom is 0.190 e. The lowest BCUT2D eigenvalue weighted by molar-refractivity contribution is 0.984. The van der Waals surface area contributed by atoms with E-state index in [9.17, 15) is 0 Å². The summed E-state index contributed by atoms with van der Waals surface area (Å²) < 4.78 is 0. The van der Waals surface area contributed by atoms with Crippen molar-refractivity contribution in [1.29, 1.82) is 0 Å². The van der Waals surface area contributed by atoms with Crippen LogP contribution >= 0.6 is 11.8 Å². The number of pyridine rings is 1. The van der Waals surface area contributed by atoms with Crippen molar-refractivity contribution in [3.8, 4) is 0 Å². The molecule has 1 saturated carbocycles. The Morgan fingerprint density at radius 3 is 2.77 bits per heavy atom. The van der Waals surface area contributed by atoms with Crippen LogP contribution in [-0.4, -0.2) is 21.0 Å². The number of aromatic nitrogens is 3. The zero-order valence-corrected chi connectivity index (χ0v) is 15.0. The lowest BCUT2D eigenvalue weighted by Crippen LogP contribution is -2.05. The van der Waals surface area contributed by atoms with Crippen LogP contribution in [0.1, 0.15) is 18.4 Å². The van der Waals surface area contributed by atoms with Gasteiger partial charge in [-0.1, -0.05) is 48.2 Å². The second-order valence-electron chi connectivity index (χ2n) is 6.57. The van der Waals surface area contributed by atoms with Crippen LogP contribution in [0, 0.1) is 0 Å². The Balaban J connectivity index is 1.47. The van der Waals surface area contributed by atoms with Crippen LogP contribution in [0.5, 0.6) is 0 Å². The van der Waals surface area contributed by atoms with Gasteiger partial charge in [-0.2, -0.15) is 0 Å². The molecule has 1 aliphatic rings. The van der Waals surface area contributed by atoms with Crippen molar-refractivity contribution < 1.29 is 0 Å². The molecule has 5 heteroatoms. The second kappa shape index (κ2) is 6.57. The Bertz CT molecular complexity index is 1090. The van der Waals surface area contributed by atoms with Gasteiger partial charge < -0.3 is 5.32 Å². The van der Waals surface area contributed by atoms with Crippen molar-refractivity contribution in [2.24, 2.45) is 0 Å². The van der Waals surface area contributed by atoms with Gasteiger partial charge in [-0.05, 0) is 36.6 Å². The molecule has 128 valence electrons. The van der Waals surface area contributed by atoms with Gasteiger partial charge in [-0.3, -0.25) is 4.98 Å². The predicted molar refractivity (Wildman–Crippen MR) is 107 cm³/mol. The van der Waals surface area contributed by atoms with E-state index in [0.29, 0.717) is 6.04 Å². The van der Waals surface area contributed by atoms with E-state index in [4.69, 9.17) is 9.97 Å². The zero-order valence-electron chi connectivity index (χ0n) is 14.2. The second-order valence-corrected chi connectivity index (χ2v) is 7.51. The molecule has 0 spiro atoms. The lowest BCUT2D eigenvalue weighted by Gasteiger charge is -2.10. The zero-order chi connectivity index (χ0) is 17.3. The molecule has 0 aliphatic heterocycles. The smallest absolute Gasteiger partial charge is 0.190 e. The molecule has 1 N–H and O–H groups in total. The summed E-state index contributed by atoms with van der Waals surface area (Å²) in [5.41, 5.74) is 3.25. The molecule has 2 aromatic carbocycles. The first kappa shape index (κ1) is 15.6. The molecular formula is C21H18N4S. The minimum absolute atomic E-state index is 0.563. The molecule has 5 rings (SSSR count). The number of rotatable bonds is 5. The number of para-hydroxylation sites is 2. The van der Waals surface area contributed by atoms with Crippen molar-refractivity contribution in [2.45, 2.75) is 29.8 Å². The standard InChI is InChI=1S/C21H18N4S/c1-2-9-18-17(8-1)20(23-16-10-11-16)25-21(24-18)26-13-15-6-3-5-14-7-4-12-22-19(14)15/h1-9,12,16H,10-11,13H2,(H,23,24,25). The van der Waals surface area contributed by atoms with E-state index in [0.717, 1.165) is 33.1 Å². The SMILES string of the molecule is c1cnc2c(CSc3nc(NC4CC4)c4ccccc4n3)cccc2c1. The summed E-state index contributed by atoms with van der Waals surface area (Å²) in [6.07, 6.45) is 4.30. The van der Waals surface area contributed by atoms with E-state index >= 15 is 0 Å². The third kappa shape index (κ3) is 3.10. The lowest BCUT2D eigenvalue weighted by atomic mass is 10.1. The third-order valence-electron chi connectivity index (χ3n) is 4.57. The fraction of sp³-hybridized carbons (Fsp3) is 0.190. The molecule has 0 saturated heterocycles. The summed E-state index contributed by atoms with van der Waals surface area (Å²) in [5, 5.41) is 6.62. The molecule has 0 radical (unpaired) electrons. The van der Waals surface area contributed by atoms with Gasteiger partial charge >= 0.3 is 0 Å². The third-order valence-corrected chi connectivity index (χ3v) is 5.47. The monoisotopic (exact) mass is 358 g/mol. The van der Waals surface area contributed by atoms with Crippen molar-refractivity contribution in [1.82, 2.24) is 15.0 Å². The van der Waals surface area contributed by atoms with E-state index in [2.05, 4.69) is 46.7 Å². The highest BCUT2D eigenvalue weighted by Crippen LogP contribution is 2.31. The van der Waals surface area contributed by atoms with Gasteiger partial charge in [-0.25, -0.2) is 9.97 Å². The van der Waals surface area contributed by atoms with Gasteiger partial charge in [0.15, 0.2) is 5.16 Å². The highest BCUT2D eigenvalue weighted by atomic mass is 32.2. The van der Waals surface area contributed by atoms with E-state index in [1.165, 1.54) is 23.8 Å². The topological polar surface area (TPSA) is 50.7 Å². The summed E-state index contributed by atoms with van der Waals surface area (Å²) in [6, 6.07) is 19.2. The maximum absolute atomic E-state index is 4.80. The molecule has 1 fully saturated rings. The maximum atomic E-state index is 4.80. The normalized spacial score (nSPS) is 14.0. The average molecular weight is 358 g/mol. The first-order chi connectivity index (χ1) is 12.9. The Hall–Kier alpha value is -2.66. The van der Waals surface area contributed by atoms with Crippen LogP contribution in [0.3, 0.4) is 0 Å². The largest absolute Gasteiger partial charge is 0.367 e. The summed E-state index contributed by atoms with van der Waals surface area (Å²) in [7, 11) is 0. The molecule has 1 aliphatic carbocycles. The molecule has 0 bridgehead atoms. The fourth-order valence-corrected chi connectivity index (χ4v) is 3.91. The minimum Gasteiger partial charge on any atom is -0.367 e. The van der Waals surface area contributed by atoms with Gasteiger partial charge in [0.1, 0.15) is 5.82 Å². The number of fused-ring (bicyclic) bond motifs is 2. The van der Waals surface area contributed by atoms with Gasteiger partial charge in [0.05, 0.1) is 11.0 Å². The number of nitrogens with zero attached hydrogens (tertiary/aromatic N) is 3. The average Bonchev–Trinajstić information content (AvgIpc) is 3.50. The van der Waals surface area contributed by atoms with E-state index in [-0.39, 0.29) is 0 Å².